The summed E-state index contributed by atoms with van der Waals surface area (Å²) in [5, 5.41) is 5.15. The van der Waals surface area contributed by atoms with Crippen LogP contribution in [0.25, 0.3) is 75.5 Å². The minimum Gasteiger partial charge on any atom is -0.310 e. The largest absolute Gasteiger partial charge is 0.310 e. The van der Waals surface area contributed by atoms with Gasteiger partial charge in [-0.25, -0.2) is 0 Å². The van der Waals surface area contributed by atoms with Crippen LogP contribution in [0.3, 0.4) is 0 Å². The minimum absolute atomic E-state index is 1.11. The first kappa shape index (κ1) is 32.0. The summed E-state index contributed by atoms with van der Waals surface area (Å²) in [6, 6.07) is 77.0. The number of fused-ring (bicyclic) bond motifs is 5. The standard InChI is InChI=1S/C52H35NS/c1-4-14-36(15-5-1)38-24-26-41(27-25-38)44-20-12-13-23-50(44)53(42-30-28-39(29-31-42)37-16-6-2-7-17-37)43-32-33-51-48(34-43)49-35-47(40-18-8-3-9-19-40)45-21-10-11-22-46(45)52(49)54-51/h1-35H. The lowest BCUT2D eigenvalue weighted by Gasteiger charge is -2.28. The van der Waals surface area contributed by atoms with Crippen molar-refractivity contribution in [2.75, 3.05) is 4.90 Å². The van der Waals surface area contributed by atoms with Gasteiger partial charge in [0.15, 0.2) is 0 Å². The third-order valence-electron chi connectivity index (χ3n) is 10.5. The molecule has 0 amide bonds. The number of benzene rings is 9. The summed E-state index contributed by atoms with van der Waals surface area (Å²) in [5.41, 5.74) is 13.1. The molecule has 0 radical (unpaired) electrons. The van der Waals surface area contributed by atoms with E-state index in [1.165, 1.54) is 75.5 Å². The highest BCUT2D eigenvalue weighted by Gasteiger charge is 2.20. The fourth-order valence-corrected chi connectivity index (χ4v) is 9.03. The molecule has 0 saturated heterocycles. The van der Waals surface area contributed by atoms with E-state index in [0.717, 1.165) is 17.1 Å². The lowest BCUT2D eigenvalue weighted by molar-refractivity contribution is 1.29. The van der Waals surface area contributed by atoms with Crippen molar-refractivity contribution in [2.45, 2.75) is 0 Å². The van der Waals surface area contributed by atoms with Crippen LogP contribution in [0.5, 0.6) is 0 Å². The molecule has 10 rings (SSSR count). The van der Waals surface area contributed by atoms with E-state index in [1.807, 2.05) is 11.3 Å². The fourth-order valence-electron chi connectivity index (χ4n) is 7.83. The number of hydrogen-bond donors (Lipinski definition) is 0. The highest BCUT2D eigenvalue weighted by molar-refractivity contribution is 7.26. The number of nitrogens with zero attached hydrogens (tertiary/aromatic N) is 1. The Bertz CT molecular complexity index is 2890. The predicted octanol–water partition coefficient (Wildman–Crippen LogP) is 15.3. The normalized spacial score (nSPS) is 11.3. The summed E-state index contributed by atoms with van der Waals surface area (Å²) in [6.45, 7) is 0. The molecule has 0 bridgehead atoms. The van der Waals surface area contributed by atoms with Gasteiger partial charge in [0.05, 0.1) is 5.69 Å². The third kappa shape index (κ3) is 5.74. The molecular formula is C52H35NS. The van der Waals surface area contributed by atoms with Crippen molar-refractivity contribution in [1.29, 1.82) is 0 Å². The Balaban J connectivity index is 1.16. The molecule has 0 aliphatic rings. The summed E-state index contributed by atoms with van der Waals surface area (Å²) < 4.78 is 2.61. The summed E-state index contributed by atoms with van der Waals surface area (Å²) in [6.07, 6.45) is 0. The first-order valence-electron chi connectivity index (χ1n) is 18.4. The van der Waals surface area contributed by atoms with Gasteiger partial charge in [-0.2, -0.15) is 0 Å². The van der Waals surface area contributed by atoms with Crippen molar-refractivity contribution in [2.24, 2.45) is 0 Å². The van der Waals surface area contributed by atoms with Gasteiger partial charge < -0.3 is 4.90 Å². The molecule has 0 spiro atoms. The van der Waals surface area contributed by atoms with Gasteiger partial charge in [-0.1, -0.05) is 170 Å². The van der Waals surface area contributed by atoms with E-state index in [2.05, 4.69) is 217 Å². The average molecular weight is 706 g/mol. The van der Waals surface area contributed by atoms with Gasteiger partial charge in [0.2, 0.25) is 0 Å². The molecule has 1 heterocycles. The Morgan fingerprint density at radius 1 is 0.296 bits per heavy atom. The van der Waals surface area contributed by atoms with Gasteiger partial charge in [-0.15, -0.1) is 11.3 Å². The Labute approximate surface area is 319 Å². The summed E-state index contributed by atoms with van der Waals surface area (Å²) >= 11 is 1.89. The van der Waals surface area contributed by atoms with Crippen molar-refractivity contribution >= 4 is 59.3 Å². The van der Waals surface area contributed by atoms with E-state index in [9.17, 15) is 0 Å². The molecule has 10 aromatic rings. The molecule has 0 saturated carbocycles. The third-order valence-corrected chi connectivity index (χ3v) is 11.7. The average Bonchev–Trinajstić information content (AvgIpc) is 3.63. The van der Waals surface area contributed by atoms with Crippen LogP contribution in [0.4, 0.5) is 17.1 Å². The lowest BCUT2D eigenvalue weighted by Crippen LogP contribution is -2.11. The summed E-state index contributed by atoms with van der Waals surface area (Å²) in [4.78, 5) is 2.43. The molecule has 0 aliphatic heterocycles. The van der Waals surface area contributed by atoms with Crippen LogP contribution in [-0.4, -0.2) is 0 Å². The molecule has 9 aromatic carbocycles. The lowest BCUT2D eigenvalue weighted by atomic mass is 9.95. The monoisotopic (exact) mass is 705 g/mol. The maximum Gasteiger partial charge on any atom is 0.0540 e. The molecule has 1 nitrogen and oxygen atoms in total. The Hall–Kier alpha value is -6.74. The second-order valence-electron chi connectivity index (χ2n) is 13.7. The molecule has 0 aliphatic carbocycles. The van der Waals surface area contributed by atoms with Crippen molar-refractivity contribution in [1.82, 2.24) is 0 Å². The molecular weight excluding hydrogens is 671 g/mol. The smallest absolute Gasteiger partial charge is 0.0540 e. The van der Waals surface area contributed by atoms with E-state index in [0.29, 0.717) is 0 Å². The second kappa shape index (κ2) is 13.7. The number of thiophene rings is 1. The highest BCUT2D eigenvalue weighted by Crippen LogP contribution is 2.47. The molecule has 2 heteroatoms. The van der Waals surface area contributed by atoms with Crippen LogP contribution in [0, 0.1) is 0 Å². The van der Waals surface area contributed by atoms with E-state index >= 15 is 0 Å². The van der Waals surface area contributed by atoms with E-state index < -0.39 is 0 Å². The maximum absolute atomic E-state index is 2.43. The fraction of sp³-hybridized carbons (Fsp3) is 0. The number of anilines is 3. The Morgan fingerprint density at radius 3 is 1.44 bits per heavy atom. The molecule has 0 fully saturated rings. The summed E-state index contributed by atoms with van der Waals surface area (Å²) in [5.74, 6) is 0. The van der Waals surface area contributed by atoms with Gasteiger partial charge in [-0.05, 0) is 86.8 Å². The number of para-hydroxylation sites is 1. The molecule has 0 atom stereocenters. The highest BCUT2D eigenvalue weighted by atomic mass is 32.1. The van der Waals surface area contributed by atoms with Crippen LogP contribution in [0.1, 0.15) is 0 Å². The maximum atomic E-state index is 2.43. The Kier molecular flexibility index (Phi) is 8.09. The zero-order chi connectivity index (χ0) is 35.8. The van der Waals surface area contributed by atoms with Crippen molar-refractivity contribution < 1.29 is 0 Å². The SMILES string of the molecule is c1ccc(-c2ccc(-c3ccccc3N(c3ccc(-c4ccccc4)cc3)c3ccc4sc5c6ccccc6c(-c6ccccc6)cc5c4c3)cc2)cc1. The topological polar surface area (TPSA) is 3.24 Å². The van der Waals surface area contributed by atoms with Gasteiger partial charge in [0.1, 0.15) is 0 Å². The summed E-state index contributed by atoms with van der Waals surface area (Å²) in [7, 11) is 0. The predicted molar refractivity (Wildman–Crippen MR) is 233 cm³/mol. The second-order valence-corrected chi connectivity index (χ2v) is 14.8. The van der Waals surface area contributed by atoms with Crippen molar-refractivity contribution in [3.05, 3.63) is 212 Å². The first-order chi connectivity index (χ1) is 26.8. The van der Waals surface area contributed by atoms with Crippen molar-refractivity contribution in [3.8, 4) is 44.5 Å². The van der Waals surface area contributed by atoms with Gasteiger partial charge in [0, 0.05) is 42.5 Å². The quantitative estimate of drug-likeness (QED) is 0.160. The molecule has 54 heavy (non-hydrogen) atoms. The van der Waals surface area contributed by atoms with E-state index in [4.69, 9.17) is 0 Å². The van der Waals surface area contributed by atoms with Crippen LogP contribution in [-0.2, 0) is 0 Å². The molecule has 0 N–H and O–H groups in total. The van der Waals surface area contributed by atoms with Crippen molar-refractivity contribution in [3.63, 3.8) is 0 Å². The minimum atomic E-state index is 1.11. The van der Waals surface area contributed by atoms with Gasteiger partial charge in [0.25, 0.3) is 0 Å². The van der Waals surface area contributed by atoms with Crippen LogP contribution in [0.15, 0.2) is 212 Å². The van der Waals surface area contributed by atoms with Gasteiger partial charge >= 0.3 is 0 Å². The number of hydrogen-bond acceptors (Lipinski definition) is 2. The zero-order valence-corrected chi connectivity index (χ0v) is 30.4. The first-order valence-corrected chi connectivity index (χ1v) is 19.2. The van der Waals surface area contributed by atoms with Crippen LogP contribution >= 0.6 is 11.3 Å². The molecule has 1 aromatic heterocycles. The molecule has 254 valence electrons. The van der Waals surface area contributed by atoms with E-state index in [1.54, 1.807) is 0 Å². The molecule has 0 unspecified atom stereocenters. The Morgan fingerprint density at radius 2 is 0.778 bits per heavy atom. The zero-order valence-electron chi connectivity index (χ0n) is 29.6. The van der Waals surface area contributed by atoms with E-state index in [-0.39, 0.29) is 0 Å². The van der Waals surface area contributed by atoms with Crippen LogP contribution < -0.4 is 4.90 Å². The van der Waals surface area contributed by atoms with Gasteiger partial charge in [-0.3, -0.25) is 0 Å². The number of rotatable bonds is 7. The van der Waals surface area contributed by atoms with Crippen LogP contribution in [0.2, 0.25) is 0 Å².